The molecule has 35 heavy (non-hydrogen) atoms. The van der Waals surface area contributed by atoms with Gasteiger partial charge in [-0.1, -0.05) is 67.1 Å². The third-order valence-corrected chi connectivity index (χ3v) is 6.84. The van der Waals surface area contributed by atoms with Gasteiger partial charge < -0.3 is 10.1 Å². The van der Waals surface area contributed by atoms with Gasteiger partial charge >= 0.3 is 6.01 Å². The van der Waals surface area contributed by atoms with Crippen molar-refractivity contribution in [3.8, 4) is 23.0 Å². The normalized spacial score (nSPS) is 15.8. The number of allylic oxidation sites excluding steroid dienone is 3. The molecule has 4 heteroatoms. The van der Waals surface area contributed by atoms with E-state index in [9.17, 15) is 0 Å². The van der Waals surface area contributed by atoms with Crippen LogP contribution in [0.4, 0.5) is 5.82 Å². The third-order valence-electron chi connectivity index (χ3n) is 6.84. The van der Waals surface area contributed by atoms with Crippen molar-refractivity contribution in [1.82, 2.24) is 9.97 Å². The summed E-state index contributed by atoms with van der Waals surface area (Å²) in [5, 5.41) is 5.85. The molecule has 0 saturated heterocycles. The molecule has 0 spiro atoms. The molecule has 0 aliphatic heterocycles. The summed E-state index contributed by atoms with van der Waals surface area (Å²) in [4.78, 5) is 9.54. The quantitative estimate of drug-likeness (QED) is 0.313. The van der Waals surface area contributed by atoms with Gasteiger partial charge in [-0.3, -0.25) is 0 Å². The summed E-state index contributed by atoms with van der Waals surface area (Å²) < 4.78 is 6.21. The van der Waals surface area contributed by atoms with Crippen LogP contribution in [0.15, 0.2) is 95.7 Å². The van der Waals surface area contributed by atoms with Crippen LogP contribution in [0.5, 0.6) is 11.8 Å². The van der Waals surface area contributed by atoms with Crippen molar-refractivity contribution in [3.05, 3.63) is 101 Å². The Hall–Kier alpha value is -3.92. The summed E-state index contributed by atoms with van der Waals surface area (Å²) in [5.74, 6) is 2.05. The average Bonchev–Trinajstić information content (AvgIpc) is 2.86. The van der Waals surface area contributed by atoms with Gasteiger partial charge in [0.2, 0.25) is 0 Å². The minimum atomic E-state index is 0.324. The summed E-state index contributed by atoms with van der Waals surface area (Å²) in [7, 11) is 0. The molecule has 176 valence electrons. The van der Waals surface area contributed by atoms with E-state index in [2.05, 4.69) is 69.4 Å². The Kier molecular flexibility index (Phi) is 6.37. The number of anilines is 1. The molecule has 1 atom stereocenters. The molecule has 0 fully saturated rings. The van der Waals surface area contributed by atoms with Gasteiger partial charge in [-0.05, 0) is 79.6 Å². The lowest BCUT2D eigenvalue weighted by Gasteiger charge is -2.24. The predicted molar refractivity (Wildman–Crippen MR) is 145 cm³/mol. The number of aryl methyl sites for hydroxylation is 1. The third kappa shape index (κ3) is 4.97. The van der Waals surface area contributed by atoms with Gasteiger partial charge in [0.25, 0.3) is 0 Å². The molecule has 0 radical (unpaired) electrons. The van der Waals surface area contributed by atoms with E-state index in [1.165, 1.54) is 16.5 Å². The van der Waals surface area contributed by atoms with E-state index in [-0.39, 0.29) is 0 Å². The highest BCUT2D eigenvalue weighted by molar-refractivity contribution is 5.83. The topological polar surface area (TPSA) is 47.0 Å². The molecule has 1 heterocycles. The fourth-order valence-corrected chi connectivity index (χ4v) is 4.73. The van der Waals surface area contributed by atoms with Crippen molar-refractivity contribution < 1.29 is 4.74 Å². The van der Waals surface area contributed by atoms with Gasteiger partial charge in [0, 0.05) is 17.3 Å². The fraction of sp³-hybridized carbons (Fsp3) is 0.226. The summed E-state index contributed by atoms with van der Waals surface area (Å²) >= 11 is 0. The molecule has 0 bridgehead atoms. The van der Waals surface area contributed by atoms with Crippen LogP contribution >= 0.6 is 0 Å². The molecular formula is C31H31N3O. The monoisotopic (exact) mass is 461 g/mol. The van der Waals surface area contributed by atoms with Crippen molar-refractivity contribution in [2.45, 2.75) is 40.5 Å². The number of nitrogens with zero attached hydrogens (tertiary/aromatic N) is 2. The minimum Gasteiger partial charge on any atom is -0.424 e. The Bertz CT molecular complexity index is 1450. The van der Waals surface area contributed by atoms with Crippen LogP contribution < -0.4 is 10.1 Å². The number of hydrogen-bond donors (Lipinski definition) is 1. The second kappa shape index (κ2) is 9.75. The second-order valence-electron chi connectivity index (χ2n) is 9.36. The lowest BCUT2D eigenvalue weighted by molar-refractivity contribution is 0.444. The van der Waals surface area contributed by atoms with Crippen LogP contribution in [0.1, 0.15) is 39.2 Å². The number of nitrogens with one attached hydrogen (secondary N) is 1. The van der Waals surface area contributed by atoms with Crippen molar-refractivity contribution in [2.24, 2.45) is 5.92 Å². The average molecular weight is 462 g/mol. The van der Waals surface area contributed by atoms with Crippen molar-refractivity contribution >= 4 is 16.6 Å². The molecule has 5 rings (SSSR count). The summed E-state index contributed by atoms with van der Waals surface area (Å²) in [5.41, 5.74) is 6.91. The summed E-state index contributed by atoms with van der Waals surface area (Å²) in [6.45, 7) is 8.77. The van der Waals surface area contributed by atoms with E-state index in [4.69, 9.17) is 14.7 Å². The number of fused-ring (bicyclic) bond motifs is 1. The molecule has 1 aliphatic carbocycles. The molecule has 0 amide bonds. The largest absolute Gasteiger partial charge is 0.424 e. The highest BCUT2D eigenvalue weighted by atomic mass is 16.5. The minimum absolute atomic E-state index is 0.324. The first-order valence-corrected chi connectivity index (χ1v) is 12.3. The van der Waals surface area contributed by atoms with Crippen LogP contribution in [0.3, 0.4) is 0 Å². The fourth-order valence-electron chi connectivity index (χ4n) is 4.73. The standard InChI is InChI=1S/C31H31N3O/c1-5-23-16-22(4)28(17-21(23)3)32-30-19-29(27-13-9-6-10-20(27)2)33-31(34-30)35-26-15-14-24-11-7-8-12-25(24)18-26/h6-15,17-19,23H,5,16H2,1-4H3,(H,32,33,34). The van der Waals surface area contributed by atoms with Gasteiger partial charge in [-0.25, -0.2) is 0 Å². The highest BCUT2D eigenvalue weighted by Crippen LogP contribution is 2.33. The van der Waals surface area contributed by atoms with E-state index in [0.717, 1.165) is 46.6 Å². The molecule has 0 saturated carbocycles. The van der Waals surface area contributed by atoms with Crippen molar-refractivity contribution in [1.29, 1.82) is 0 Å². The zero-order chi connectivity index (χ0) is 24.4. The Balaban J connectivity index is 1.53. The Labute approximate surface area is 207 Å². The highest BCUT2D eigenvalue weighted by Gasteiger charge is 2.18. The van der Waals surface area contributed by atoms with Crippen LogP contribution in [0, 0.1) is 12.8 Å². The van der Waals surface area contributed by atoms with Crippen LogP contribution in [0.25, 0.3) is 22.0 Å². The Morgan fingerprint density at radius 2 is 1.66 bits per heavy atom. The first-order chi connectivity index (χ1) is 17.0. The van der Waals surface area contributed by atoms with Crippen LogP contribution in [-0.2, 0) is 0 Å². The van der Waals surface area contributed by atoms with Crippen molar-refractivity contribution in [2.75, 3.05) is 5.32 Å². The number of aromatic nitrogens is 2. The summed E-state index contributed by atoms with van der Waals surface area (Å²) in [6, 6.07) is 24.9. The van der Waals surface area contributed by atoms with E-state index < -0.39 is 0 Å². The molecule has 4 nitrogen and oxygen atoms in total. The van der Waals surface area contributed by atoms with E-state index >= 15 is 0 Å². The SMILES string of the molecule is CCC1CC(C)=C(Nc2cc(-c3ccccc3C)nc(Oc3ccc4ccccc4c3)n2)C=C1C. The van der Waals surface area contributed by atoms with E-state index in [1.807, 2.05) is 42.5 Å². The molecular weight excluding hydrogens is 430 g/mol. The van der Waals surface area contributed by atoms with Gasteiger partial charge in [0.15, 0.2) is 0 Å². The zero-order valence-corrected chi connectivity index (χ0v) is 20.8. The molecule has 1 aliphatic rings. The van der Waals surface area contributed by atoms with Gasteiger partial charge in [0.05, 0.1) is 5.69 Å². The lowest BCUT2D eigenvalue weighted by atomic mass is 9.85. The lowest BCUT2D eigenvalue weighted by Crippen LogP contribution is -2.13. The Morgan fingerprint density at radius 3 is 2.46 bits per heavy atom. The number of benzene rings is 3. The number of hydrogen-bond acceptors (Lipinski definition) is 4. The zero-order valence-electron chi connectivity index (χ0n) is 20.8. The Morgan fingerprint density at radius 1 is 0.886 bits per heavy atom. The second-order valence-corrected chi connectivity index (χ2v) is 9.36. The maximum Gasteiger partial charge on any atom is 0.324 e. The van der Waals surface area contributed by atoms with Crippen LogP contribution in [-0.4, -0.2) is 9.97 Å². The van der Waals surface area contributed by atoms with Crippen molar-refractivity contribution in [3.63, 3.8) is 0 Å². The first kappa shape index (κ1) is 22.9. The molecule has 1 aromatic heterocycles. The van der Waals surface area contributed by atoms with E-state index in [0.29, 0.717) is 17.7 Å². The van der Waals surface area contributed by atoms with Crippen LogP contribution in [0.2, 0.25) is 0 Å². The predicted octanol–water partition coefficient (Wildman–Crippen LogP) is 8.46. The maximum absolute atomic E-state index is 6.21. The molecule has 1 N–H and O–H groups in total. The number of ether oxygens (including phenoxy) is 1. The smallest absolute Gasteiger partial charge is 0.324 e. The maximum atomic E-state index is 6.21. The number of rotatable bonds is 6. The molecule has 4 aromatic rings. The van der Waals surface area contributed by atoms with Gasteiger partial charge in [-0.2, -0.15) is 9.97 Å². The first-order valence-electron chi connectivity index (χ1n) is 12.3. The summed E-state index contributed by atoms with van der Waals surface area (Å²) in [6.07, 6.45) is 4.48. The van der Waals surface area contributed by atoms with E-state index in [1.54, 1.807) is 0 Å². The molecule has 3 aromatic carbocycles. The van der Waals surface area contributed by atoms with Gasteiger partial charge in [-0.15, -0.1) is 0 Å². The van der Waals surface area contributed by atoms with Gasteiger partial charge in [0.1, 0.15) is 11.6 Å². The molecule has 1 unspecified atom stereocenters.